The molecule has 0 aromatic heterocycles. The Morgan fingerprint density at radius 2 is 1.95 bits per heavy atom. The number of benzene rings is 2. The zero-order valence-corrected chi connectivity index (χ0v) is 11.5. The van der Waals surface area contributed by atoms with Gasteiger partial charge in [-0.1, -0.05) is 23.7 Å². The maximum absolute atomic E-state index is 13.6. The van der Waals surface area contributed by atoms with E-state index in [0.717, 1.165) is 18.2 Å². The molecule has 0 saturated heterocycles. The fraction of sp³-hybridized carbons (Fsp3) is 0.0667. The number of carboxylic acid groups (broad SMARTS) is 1. The van der Waals surface area contributed by atoms with Crippen molar-refractivity contribution in [2.45, 2.75) is 6.42 Å². The molecule has 2 aromatic rings. The van der Waals surface area contributed by atoms with Gasteiger partial charge in [-0.25, -0.2) is 9.18 Å². The Bertz CT molecular complexity index is 703. The van der Waals surface area contributed by atoms with Gasteiger partial charge in [0.1, 0.15) is 5.82 Å². The van der Waals surface area contributed by atoms with E-state index in [1.807, 2.05) is 0 Å². The Morgan fingerprint density at radius 3 is 2.62 bits per heavy atom. The quantitative estimate of drug-likeness (QED) is 0.910. The van der Waals surface area contributed by atoms with Gasteiger partial charge in [0, 0.05) is 5.02 Å². The molecule has 0 atom stereocenters. The molecular formula is C15H11ClFNO3. The third kappa shape index (κ3) is 4.03. The maximum atomic E-state index is 13.6. The number of rotatable bonds is 4. The van der Waals surface area contributed by atoms with Crippen molar-refractivity contribution in [3.63, 3.8) is 0 Å². The second-order valence-corrected chi connectivity index (χ2v) is 4.79. The molecule has 21 heavy (non-hydrogen) atoms. The number of carbonyl (C=O) groups is 2. The number of hydrogen-bond donors (Lipinski definition) is 2. The van der Waals surface area contributed by atoms with Gasteiger partial charge in [-0.3, -0.25) is 4.79 Å². The van der Waals surface area contributed by atoms with Gasteiger partial charge in [0.05, 0.1) is 17.7 Å². The van der Waals surface area contributed by atoms with Gasteiger partial charge in [-0.15, -0.1) is 0 Å². The van der Waals surface area contributed by atoms with E-state index < -0.39 is 17.7 Å². The third-order valence-corrected chi connectivity index (χ3v) is 2.98. The van der Waals surface area contributed by atoms with Crippen LogP contribution in [0.1, 0.15) is 15.9 Å². The van der Waals surface area contributed by atoms with Crippen molar-refractivity contribution in [1.29, 1.82) is 0 Å². The van der Waals surface area contributed by atoms with Gasteiger partial charge >= 0.3 is 5.97 Å². The van der Waals surface area contributed by atoms with E-state index in [4.69, 9.17) is 16.7 Å². The van der Waals surface area contributed by atoms with E-state index in [0.29, 0.717) is 10.6 Å². The van der Waals surface area contributed by atoms with Gasteiger partial charge < -0.3 is 10.4 Å². The van der Waals surface area contributed by atoms with Crippen molar-refractivity contribution in [2.24, 2.45) is 0 Å². The molecule has 0 bridgehead atoms. The summed E-state index contributed by atoms with van der Waals surface area (Å²) in [6.07, 6.45) is 0.0112. The van der Waals surface area contributed by atoms with Gasteiger partial charge in [0.25, 0.3) is 0 Å². The van der Waals surface area contributed by atoms with E-state index in [2.05, 4.69) is 5.32 Å². The minimum absolute atomic E-state index is 0.0112. The van der Waals surface area contributed by atoms with Crippen LogP contribution in [0.25, 0.3) is 0 Å². The number of anilines is 1. The number of nitrogens with one attached hydrogen (secondary N) is 1. The predicted molar refractivity (Wildman–Crippen MR) is 77.1 cm³/mol. The molecule has 6 heteroatoms. The molecule has 4 nitrogen and oxygen atoms in total. The van der Waals surface area contributed by atoms with Crippen LogP contribution in [-0.4, -0.2) is 17.0 Å². The van der Waals surface area contributed by atoms with Gasteiger partial charge in [0.15, 0.2) is 0 Å². The normalized spacial score (nSPS) is 10.2. The minimum Gasteiger partial charge on any atom is -0.478 e. The van der Waals surface area contributed by atoms with Crippen molar-refractivity contribution in [3.8, 4) is 0 Å². The maximum Gasteiger partial charge on any atom is 0.335 e. The Morgan fingerprint density at radius 1 is 1.19 bits per heavy atom. The number of aromatic carboxylic acids is 1. The number of carbonyl (C=O) groups excluding carboxylic acids is 1. The Balaban J connectivity index is 2.12. The summed E-state index contributed by atoms with van der Waals surface area (Å²) in [6.45, 7) is 0. The average molecular weight is 308 g/mol. The first-order valence-corrected chi connectivity index (χ1v) is 6.40. The molecule has 2 rings (SSSR count). The Hall–Kier alpha value is -2.40. The fourth-order valence-corrected chi connectivity index (χ4v) is 1.99. The molecule has 0 aliphatic rings. The molecule has 0 aliphatic carbocycles. The average Bonchev–Trinajstić information content (AvgIpc) is 2.41. The van der Waals surface area contributed by atoms with E-state index in [1.54, 1.807) is 24.3 Å². The summed E-state index contributed by atoms with van der Waals surface area (Å²) in [7, 11) is 0. The molecule has 0 fully saturated rings. The lowest BCUT2D eigenvalue weighted by atomic mass is 10.1. The second-order valence-electron chi connectivity index (χ2n) is 4.35. The first kappa shape index (κ1) is 15.0. The predicted octanol–water partition coefficient (Wildman–Crippen LogP) is 3.36. The number of amides is 1. The Kier molecular flexibility index (Phi) is 4.55. The molecule has 0 unspecified atom stereocenters. The van der Waals surface area contributed by atoms with E-state index in [9.17, 15) is 14.0 Å². The lowest BCUT2D eigenvalue weighted by molar-refractivity contribution is -0.115. The van der Waals surface area contributed by atoms with Crippen LogP contribution >= 0.6 is 11.6 Å². The summed E-state index contributed by atoms with van der Waals surface area (Å²) in [5.74, 6) is -2.35. The third-order valence-electron chi connectivity index (χ3n) is 2.74. The van der Waals surface area contributed by atoms with Crippen molar-refractivity contribution in [3.05, 3.63) is 64.4 Å². The number of carboxylic acids is 1. The lowest BCUT2D eigenvalue weighted by Gasteiger charge is -2.07. The SMILES string of the molecule is O=C(Cc1cccc(Cl)c1)Nc1cc(C(=O)O)ccc1F. The smallest absolute Gasteiger partial charge is 0.335 e. The highest BCUT2D eigenvalue weighted by Gasteiger charge is 2.11. The molecule has 2 aromatic carbocycles. The van der Waals surface area contributed by atoms with Gasteiger partial charge in [-0.2, -0.15) is 0 Å². The fourth-order valence-electron chi connectivity index (χ4n) is 1.78. The van der Waals surface area contributed by atoms with Gasteiger partial charge in [-0.05, 0) is 35.9 Å². The summed E-state index contributed by atoms with van der Waals surface area (Å²) >= 11 is 5.81. The summed E-state index contributed by atoms with van der Waals surface area (Å²) in [6, 6.07) is 9.94. The van der Waals surface area contributed by atoms with Crippen molar-refractivity contribution < 1.29 is 19.1 Å². The topological polar surface area (TPSA) is 66.4 Å². The van der Waals surface area contributed by atoms with E-state index in [1.165, 1.54) is 0 Å². The van der Waals surface area contributed by atoms with Crippen molar-refractivity contribution in [2.75, 3.05) is 5.32 Å². The number of hydrogen-bond acceptors (Lipinski definition) is 2. The molecule has 108 valence electrons. The summed E-state index contributed by atoms with van der Waals surface area (Å²) in [5, 5.41) is 11.7. The number of halogens is 2. The molecule has 0 saturated carbocycles. The minimum atomic E-state index is -1.19. The zero-order valence-electron chi connectivity index (χ0n) is 10.8. The summed E-state index contributed by atoms with van der Waals surface area (Å²) < 4.78 is 13.6. The van der Waals surface area contributed by atoms with Crippen LogP contribution in [0.3, 0.4) is 0 Å². The van der Waals surface area contributed by atoms with Crippen molar-refractivity contribution >= 4 is 29.2 Å². The highest BCUT2D eigenvalue weighted by atomic mass is 35.5. The first-order valence-electron chi connectivity index (χ1n) is 6.03. The van der Waals surface area contributed by atoms with Crippen LogP contribution in [0.4, 0.5) is 10.1 Å². The molecule has 0 spiro atoms. The monoisotopic (exact) mass is 307 g/mol. The first-order chi connectivity index (χ1) is 9.95. The van der Waals surface area contributed by atoms with E-state index in [-0.39, 0.29) is 17.7 Å². The summed E-state index contributed by atoms with van der Waals surface area (Å²) in [4.78, 5) is 22.7. The molecular weight excluding hydrogens is 297 g/mol. The van der Waals surface area contributed by atoms with Crippen LogP contribution in [0.15, 0.2) is 42.5 Å². The van der Waals surface area contributed by atoms with Crippen LogP contribution < -0.4 is 5.32 Å². The molecule has 2 N–H and O–H groups in total. The van der Waals surface area contributed by atoms with Crippen LogP contribution in [0.5, 0.6) is 0 Å². The van der Waals surface area contributed by atoms with Crippen LogP contribution in [0, 0.1) is 5.82 Å². The standard InChI is InChI=1S/C15H11ClFNO3/c16-11-3-1-2-9(6-11)7-14(19)18-13-8-10(15(20)21)4-5-12(13)17/h1-6,8H,7H2,(H,18,19)(H,20,21). The lowest BCUT2D eigenvalue weighted by Crippen LogP contribution is -2.16. The molecule has 0 aliphatic heterocycles. The molecule has 1 amide bonds. The van der Waals surface area contributed by atoms with E-state index >= 15 is 0 Å². The van der Waals surface area contributed by atoms with Gasteiger partial charge in [0.2, 0.25) is 5.91 Å². The van der Waals surface area contributed by atoms with Crippen LogP contribution in [-0.2, 0) is 11.2 Å². The largest absolute Gasteiger partial charge is 0.478 e. The highest BCUT2D eigenvalue weighted by molar-refractivity contribution is 6.30. The molecule has 0 radical (unpaired) electrons. The highest BCUT2D eigenvalue weighted by Crippen LogP contribution is 2.17. The second kappa shape index (κ2) is 6.37. The molecule has 0 heterocycles. The van der Waals surface area contributed by atoms with Crippen LogP contribution in [0.2, 0.25) is 5.02 Å². The Labute approximate surface area is 125 Å². The zero-order chi connectivity index (χ0) is 15.4. The van der Waals surface area contributed by atoms with Crippen molar-refractivity contribution in [1.82, 2.24) is 0 Å². The summed E-state index contributed by atoms with van der Waals surface area (Å²) in [5.41, 5.74) is 0.409.